The largest absolute Gasteiger partial charge is 0.496 e. The van der Waals surface area contributed by atoms with E-state index in [4.69, 9.17) is 4.74 Å². The molecule has 14 heavy (non-hydrogen) atoms. The van der Waals surface area contributed by atoms with Crippen LogP contribution in [0.4, 0.5) is 0 Å². The van der Waals surface area contributed by atoms with Crippen LogP contribution in [0, 0.1) is 6.92 Å². The zero-order valence-corrected chi connectivity index (χ0v) is 11.8. The lowest BCUT2D eigenvalue weighted by molar-refractivity contribution is 0.410. The molecule has 0 heterocycles. The monoisotopic (exact) mass is 276 g/mol. The molecule has 0 aliphatic heterocycles. The molecule has 0 aromatic heterocycles. The molecule has 1 nitrogen and oxygen atoms in total. The maximum absolute atomic E-state index is 5.21. The Morgan fingerprint density at radius 1 is 1.29 bits per heavy atom. The molecule has 80 valence electrons. The Hall–Kier alpha value is -0.150. The number of aryl methyl sites for hydroxylation is 1. The van der Waals surface area contributed by atoms with Gasteiger partial charge in [0.25, 0.3) is 0 Å². The maximum atomic E-state index is 5.21. The van der Waals surface area contributed by atoms with Gasteiger partial charge in [0.05, 0.1) is 7.11 Å². The molecule has 0 bridgehead atoms. The van der Waals surface area contributed by atoms with Crippen LogP contribution in [0.15, 0.2) is 21.5 Å². The number of ether oxygens (including phenoxy) is 1. The summed E-state index contributed by atoms with van der Waals surface area (Å²) < 4.78 is 6.34. The minimum Gasteiger partial charge on any atom is -0.496 e. The minimum absolute atomic E-state index is 0.947. The quantitative estimate of drug-likeness (QED) is 0.735. The maximum Gasteiger partial charge on any atom is 0.122 e. The molecule has 1 aromatic rings. The van der Waals surface area contributed by atoms with E-state index in [0.29, 0.717) is 0 Å². The van der Waals surface area contributed by atoms with Crippen molar-refractivity contribution >= 4 is 27.7 Å². The smallest absolute Gasteiger partial charge is 0.122 e. The number of thioether (sulfide) groups is 1. The predicted octanol–water partition coefficient (Wildman–Crippen LogP) is 4.51. The Balaban J connectivity index is 0.000000791. The van der Waals surface area contributed by atoms with Gasteiger partial charge in [-0.1, -0.05) is 13.8 Å². The molecule has 1 rings (SSSR count). The topological polar surface area (TPSA) is 9.23 Å². The third-order valence-electron chi connectivity index (χ3n) is 1.67. The SMILES string of the molecule is CC.COc1cc(SC)c(Br)cc1C. The Kier molecular flexibility index (Phi) is 7.11. The first-order valence-corrected chi connectivity index (χ1v) is 6.59. The van der Waals surface area contributed by atoms with Crippen LogP contribution in [0.5, 0.6) is 5.75 Å². The van der Waals surface area contributed by atoms with Crippen molar-refractivity contribution in [3.63, 3.8) is 0 Å². The normalized spacial score (nSPS) is 9.00. The number of methoxy groups -OCH3 is 1. The van der Waals surface area contributed by atoms with E-state index in [0.717, 1.165) is 15.8 Å². The van der Waals surface area contributed by atoms with E-state index in [9.17, 15) is 0 Å². The van der Waals surface area contributed by atoms with Gasteiger partial charge in [0.2, 0.25) is 0 Å². The standard InChI is InChI=1S/C9H11BrOS.C2H6/c1-6-4-7(10)9(12-3)5-8(6)11-2;1-2/h4-5H,1-3H3;1-2H3. The average Bonchev–Trinajstić information content (AvgIpc) is 2.21. The van der Waals surface area contributed by atoms with Crippen molar-refractivity contribution < 1.29 is 4.74 Å². The highest BCUT2D eigenvalue weighted by Crippen LogP contribution is 2.32. The minimum atomic E-state index is 0.947. The lowest BCUT2D eigenvalue weighted by Gasteiger charge is -2.07. The number of hydrogen-bond donors (Lipinski definition) is 0. The van der Waals surface area contributed by atoms with Crippen LogP contribution < -0.4 is 4.74 Å². The van der Waals surface area contributed by atoms with E-state index in [2.05, 4.69) is 28.3 Å². The van der Waals surface area contributed by atoms with Crippen molar-refractivity contribution in [1.82, 2.24) is 0 Å². The molecule has 0 saturated carbocycles. The van der Waals surface area contributed by atoms with Gasteiger partial charge in [-0.2, -0.15) is 0 Å². The summed E-state index contributed by atoms with van der Waals surface area (Å²) in [5.74, 6) is 0.947. The summed E-state index contributed by atoms with van der Waals surface area (Å²) in [6.45, 7) is 6.04. The summed E-state index contributed by atoms with van der Waals surface area (Å²) in [5, 5.41) is 0. The Morgan fingerprint density at radius 2 is 1.86 bits per heavy atom. The van der Waals surface area contributed by atoms with E-state index < -0.39 is 0 Å². The molecule has 0 radical (unpaired) electrons. The van der Waals surface area contributed by atoms with Crippen molar-refractivity contribution in [1.29, 1.82) is 0 Å². The number of rotatable bonds is 2. The second-order valence-corrected chi connectivity index (χ2v) is 4.16. The molecule has 0 spiro atoms. The second-order valence-electron chi connectivity index (χ2n) is 2.46. The van der Waals surface area contributed by atoms with Crippen molar-refractivity contribution in [2.45, 2.75) is 25.7 Å². The fraction of sp³-hybridized carbons (Fsp3) is 0.455. The molecule has 0 amide bonds. The van der Waals surface area contributed by atoms with Gasteiger partial charge in [-0.25, -0.2) is 0 Å². The zero-order valence-electron chi connectivity index (χ0n) is 9.35. The third-order valence-corrected chi connectivity index (χ3v) is 3.37. The van der Waals surface area contributed by atoms with Crippen molar-refractivity contribution in [3.05, 3.63) is 22.2 Å². The van der Waals surface area contributed by atoms with Crippen molar-refractivity contribution in [3.8, 4) is 5.75 Å². The predicted molar refractivity (Wildman–Crippen MR) is 68.6 cm³/mol. The summed E-state index contributed by atoms with van der Waals surface area (Å²) >= 11 is 5.20. The van der Waals surface area contributed by atoms with Crippen LogP contribution in [0.25, 0.3) is 0 Å². The average molecular weight is 277 g/mol. The highest BCUT2D eigenvalue weighted by Gasteiger charge is 2.04. The molecule has 3 heteroatoms. The number of hydrogen-bond acceptors (Lipinski definition) is 2. The first-order valence-electron chi connectivity index (χ1n) is 4.57. The molecule has 0 N–H and O–H groups in total. The molecule has 1 aromatic carbocycles. The molecule has 0 fully saturated rings. The van der Waals surface area contributed by atoms with E-state index in [1.54, 1.807) is 18.9 Å². The van der Waals surface area contributed by atoms with E-state index >= 15 is 0 Å². The summed E-state index contributed by atoms with van der Waals surface area (Å²) in [6.07, 6.45) is 2.05. The Morgan fingerprint density at radius 3 is 2.29 bits per heavy atom. The highest BCUT2D eigenvalue weighted by molar-refractivity contribution is 9.10. The van der Waals surface area contributed by atoms with E-state index in [1.165, 1.54) is 4.90 Å². The molecule has 0 unspecified atom stereocenters. The number of benzene rings is 1. The second kappa shape index (κ2) is 7.18. The van der Waals surface area contributed by atoms with Crippen molar-refractivity contribution in [2.75, 3.05) is 13.4 Å². The van der Waals surface area contributed by atoms with E-state index in [-0.39, 0.29) is 0 Å². The van der Waals surface area contributed by atoms with E-state index in [1.807, 2.05) is 26.8 Å². The molecular weight excluding hydrogens is 260 g/mol. The van der Waals surface area contributed by atoms with Crippen LogP contribution >= 0.6 is 27.7 Å². The number of halogens is 1. The molecule has 0 atom stereocenters. The van der Waals surface area contributed by atoms with Gasteiger partial charge < -0.3 is 4.74 Å². The van der Waals surface area contributed by atoms with Crippen molar-refractivity contribution in [2.24, 2.45) is 0 Å². The lowest BCUT2D eigenvalue weighted by Crippen LogP contribution is -1.87. The van der Waals surface area contributed by atoms with Gasteiger partial charge in [0.15, 0.2) is 0 Å². The summed E-state index contributed by atoms with van der Waals surface area (Å²) in [7, 11) is 1.69. The molecule has 0 aliphatic rings. The lowest BCUT2D eigenvalue weighted by atomic mass is 10.2. The van der Waals surface area contributed by atoms with Gasteiger partial charge in [-0.15, -0.1) is 11.8 Å². The van der Waals surface area contributed by atoms with Crippen LogP contribution in [0.3, 0.4) is 0 Å². The van der Waals surface area contributed by atoms with Gasteiger partial charge >= 0.3 is 0 Å². The first kappa shape index (κ1) is 13.8. The van der Waals surface area contributed by atoms with Gasteiger partial charge in [0.1, 0.15) is 5.75 Å². The fourth-order valence-electron chi connectivity index (χ4n) is 1.01. The third kappa shape index (κ3) is 3.54. The molecule has 0 aliphatic carbocycles. The van der Waals surface area contributed by atoms with Crippen LogP contribution in [-0.2, 0) is 0 Å². The Labute approximate surface area is 99.4 Å². The van der Waals surface area contributed by atoms with Crippen LogP contribution in [-0.4, -0.2) is 13.4 Å². The summed E-state index contributed by atoms with van der Waals surface area (Å²) in [5.41, 5.74) is 1.15. The van der Waals surface area contributed by atoms with Gasteiger partial charge in [-0.3, -0.25) is 0 Å². The first-order chi connectivity index (χ1) is 6.69. The molecular formula is C11H17BrOS. The summed E-state index contributed by atoms with van der Waals surface area (Å²) in [6, 6.07) is 4.12. The van der Waals surface area contributed by atoms with Crippen LogP contribution in [0.1, 0.15) is 19.4 Å². The van der Waals surface area contributed by atoms with Gasteiger partial charge in [-0.05, 0) is 46.8 Å². The van der Waals surface area contributed by atoms with Gasteiger partial charge in [0, 0.05) is 9.37 Å². The molecule has 0 saturated heterocycles. The fourth-order valence-corrected chi connectivity index (χ4v) is 2.43. The zero-order chi connectivity index (χ0) is 11.1. The highest BCUT2D eigenvalue weighted by atomic mass is 79.9. The Bertz CT molecular complexity index is 262. The summed E-state index contributed by atoms with van der Waals surface area (Å²) in [4.78, 5) is 1.21. The van der Waals surface area contributed by atoms with Crippen LogP contribution in [0.2, 0.25) is 0 Å².